The number of benzene rings is 1. The third-order valence-electron chi connectivity index (χ3n) is 5.61. The molecular weight excluding hydrogens is 398 g/mol. The average molecular weight is 426 g/mol. The number of nitrogens with zero attached hydrogens (tertiary/aromatic N) is 1. The summed E-state index contributed by atoms with van der Waals surface area (Å²) in [6, 6.07) is 6.44. The van der Waals surface area contributed by atoms with Crippen molar-refractivity contribution in [1.29, 1.82) is 0 Å². The van der Waals surface area contributed by atoms with E-state index in [2.05, 4.69) is 41.1 Å². The lowest BCUT2D eigenvalue weighted by Crippen LogP contribution is -2.41. The van der Waals surface area contributed by atoms with Crippen molar-refractivity contribution in [3.63, 3.8) is 0 Å². The molecule has 0 unspecified atom stereocenters. The van der Waals surface area contributed by atoms with Crippen LogP contribution in [-0.4, -0.2) is 28.2 Å². The summed E-state index contributed by atoms with van der Waals surface area (Å²) in [5.74, 6) is 0.477. The van der Waals surface area contributed by atoms with Gasteiger partial charge in [-0.15, -0.1) is 0 Å². The lowest BCUT2D eigenvalue weighted by atomic mass is 9.66. The van der Waals surface area contributed by atoms with Crippen LogP contribution < -0.4 is 0 Å². The monoisotopic (exact) mass is 425 g/mol. The molecule has 5 heteroatoms. The number of hydrogen-bond donors (Lipinski definition) is 0. The van der Waals surface area contributed by atoms with Crippen LogP contribution in [0, 0.1) is 11.3 Å². The first-order chi connectivity index (χ1) is 11.7. The van der Waals surface area contributed by atoms with Gasteiger partial charge in [0.2, 0.25) is 0 Å². The van der Waals surface area contributed by atoms with E-state index in [9.17, 15) is 4.55 Å². The van der Waals surface area contributed by atoms with Crippen molar-refractivity contribution in [2.24, 2.45) is 15.7 Å². The second-order valence-corrected chi connectivity index (χ2v) is 11.4. The van der Waals surface area contributed by atoms with E-state index in [0.29, 0.717) is 12.0 Å². The third kappa shape index (κ3) is 3.71. The highest BCUT2D eigenvalue weighted by Gasteiger charge is 2.49. The van der Waals surface area contributed by atoms with E-state index in [4.69, 9.17) is 9.13 Å². The number of rotatable bonds is 2. The van der Waals surface area contributed by atoms with Crippen molar-refractivity contribution in [3.05, 3.63) is 33.8 Å². The molecule has 2 aliphatic carbocycles. The Hall–Kier alpha value is -0.360. The minimum atomic E-state index is -1.25. The quantitative estimate of drug-likeness (QED) is 0.620. The van der Waals surface area contributed by atoms with Crippen LogP contribution in [0.3, 0.4) is 0 Å². The van der Waals surface area contributed by atoms with Crippen molar-refractivity contribution < 1.29 is 9.29 Å². The van der Waals surface area contributed by atoms with Gasteiger partial charge in [-0.25, -0.2) is 0 Å². The molecule has 0 radical (unpaired) electrons. The maximum absolute atomic E-state index is 12.8. The maximum Gasteiger partial charge on any atom is 0.144 e. The van der Waals surface area contributed by atoms with Crippen molar-refractivity contribution >= 4 is 33.0 Å². The maximum atomic E-state index is 12.8. The number of methoxy groups -OCH3 is 1. The predicted octanol–water partition coefficient (Wildman–Crippen LogP) is 5.08. The molecule has 1 aromatic carbocycles. The molecule has 0 heterocycles. The Labute approximate surface area is 163 Å². The molecule has 2 aliphatic rings. The van der Waals surface area contributed by atoms with Crippen molar-refractivity contribution in [3.8, 4) is 0 Å². The van der Waals surface area contributed by atoms with Gasteiger partial charge in [0.25, 0.3) is 0 Å². The minimum absolute atomic E-state index is 0.00150. The SMILES string of the molecule is CO[C@@H]1CC[C@]2(Cc3ccc(Br)cc3/C2=N\[S@@+]([O-])C(C)(C)C)C[C@H]1C. The van der Waals surface area contributed by atoms with Crippen LogP contribution in [0.2, 0.25) is 0 Å². The fourth-order valence-electron chi connectivity index (χ4n) is 4.30. The summed E-state index contributed by atoms with van der Waals surface area (Å²) in [7, 11) is 1.81. The molecule has 3 rings (SSSR count). The molecule has 0 saturated heterocycles. The van der Waals surface area contributed by atoms with Crippen LogP contribution in [0.15, 0.2) is 27.1 Å². The molecule has 0 aliphatic heterocycles. The van der Waals surface area contributed by atoms with Gasteiger partial charge in [0, 0.05) is 22.6 Å². The predicted molar refractivity (Wildman–Crippen MR) is 109 cm³/mol. The van der Waals surface area contributed by atoms with Crippen molar-refractivity contribution in [1.82, 2.24) is 0 Å². The Bertz CT molecular complexity index is 685. The first-order valence-corrected chi connectivity index (χ1v) is 10.9. The zero-order chi connectivity index (χ0) is 18.4. The van der Waals surface area contributed by atoms with E-state index in [1.165, 1.54) is 11.1 Å². The van der Waals surface area contributed by atoms with Gasteiger partial charge in [0.1, 0.15) is 21.8 Å². The molecule has 3 nitrogen and oxygen atoms in total. The molecule has 4 atom stereocenters. The second-order valence-electron chi connectivity index (χ2n) is 8.55. The highest BCUT2D eigenvalue weighted by Crippen LogP contribution is 2.50. The van der Waals surface area contributed by atoms with Gasteiger partial charge in [0.05, 0.1) is 6.10 Å². The Morgan fingerprint density at radius 2 is 2.08 bits per heavy atom. The number of fused-ring (bicyclic) bond motifs is 1. The Balaban J connectivity index is 2.05. The van der Waals surface area contributed by atoms with Crippen LogP contribution >= 0.6 is 15.9 Å². The van der Waals surface area contributed by atoms with Crippen molar-refractivity contribution in [2.75, 3.05) is 7.11 Å². The molecule has 1 saturated carbocycles. The highest BCUT2D eigenvalue weighted by molar-refractivity contribution is 9.10. The highest BCUT2D eigenvalue weighted by atomic mass is 79.9. The fourth-order valence-corrected chi connectivity index (χ4v) is 5.39. The first kappa shape index (κ1) is 19.4. The topological polar surface area (TPSA) is 44.6 Å². The van der Waals surface area contributed by atoms with E-state index < -0.39 is 11.4 Å². The van der Waals surface area contributed by atoms with Gasteiger partial charge in [-0.3, -0.25) is 0 Å². The summed E-state index contributed by atoms with van der Waals surface area (Å²) in [4.78, 5) is 0. The summed E-state index contributed by atoms with van der Waals surface area (Å²) >= 11 is 2.34. The van der Waals surface area contributed by atoms with Crippen LogP contribution in [0.1, 0.15) is 58.1 Å². The normalized spacial score (nSPS) is 32.2. The summed E-state index contributed by atoms with van der Waals surface area (Å²) in [6.07, 6.45) is 4.43. The van der Waals surface area contributed by atoms with E-state index in [1.807, 2.05) is 27.9 Å². The molecule has 1 spiro atoms. The van der Waals surface area contributed by atoms with Gasteiger partial charge in [0.15, 0.2) is 0 Å². The minimum Gasteiger partial charge on any atom is -0.591 e. The average Bonchev–Trinajstić information content (AvgIpc) is 2.80. The fraction of sp³-hybridized carbons (Fsp3) is 0.650. The molecule has 0 bridgehead atoms. The Morgan fingerprint density at radius 1 is 1.36 bits per heavy atom. The lowest BCUT2D eigenvalue weighted by Gasteiger charge is -2.41. The lowest BCUT2D eigenvalue weighted by molar-refractivity contribution is 0.00485. The van der Waals surface area contributed by atoms with Gasteiger partial charge >= 0.3 is 0 Å². The molecule has 0 N–H and O–H groups in total. The van der Waals surface area contributed by atoms with Gasteiger partial charge in [-0.1, -0.05) is 33.3 Å². The summed E-state index contributed by atoms with van der Waals surface area (Å²) < 4.78 is 24.0. The van der Waals surface area contributed by atoms with E-state index in [1.54, 1.807) is 0 Å². The van der Waals surface area contributed by atoms with E-state index in [0.717, 1.165) is 35.9 Å². The standard InChI is InChI=1S/C20H28BrNO2S/c1-13-11-20(9-8-17(13)24-5)12-14-6-7-15(21)10-16(14)18(20)22-25(23)19(2,3)4/h6-7,10,13,17H,8-9,11-12H2,1-5H3/b22-18+/t13-,17-,20-,25+/m1/s1. The van der Waals surface area contributed by atoms with Crippen LogP contribution in [-0.2, 0) is 22.5 Å². The number of ether oxygens (including phenoxy) is 1. The molecule has 25 heavy (non-hydrogen) atoms. The van der Waals surface area contributed by atoms with Gasteiger partial charge < -0.3 is 9.29 Å². The second kappa shape index (κ2) is 6.99. The molecule has 1 fully saturated rings. The van der Waals surface area contributed by atoms with Gasteiger partial charge in [-0.2, -0.15) is 0 Å². The molecule has 0 amide bonds. The molecule has 138 valence electrons. The zero-order valence-electron chi connectivity index (χ0n) is 15.8. The third-order valence-corrected chi connectivity index (χ3v) is 7.50. The molecule has 0 aromatic heterocycles. The zero-order valence-corrected chi connectivity index (χ0v) is 18.2. The summed E-state index contributed by atoms with van der Waals surface area (Å²) in [5.41, 5.74) is 3.56. The van der Waals surface area contributed by atoms with E-state index >= 15 is 0 Å². The first-order valence-electron chi connectivity index (χ1n) is 8.99. The van der Waals surface area contributed by atoms with Crippen LogP contribution in [0.25, 0.3) is 0 Å². The Kier molecular flexibility index (Phi) is 5.42. The van der Waals surface area contributed by atoms with E-state index in [-0.39, 0.29) is 10.2 Å². The molecule has 1 aromatic rings. The van der Waals surface area contributed by atoms with Gasteiger partial charge in [-0.05, 0) is 70.1 Å². The largest absolute Gasteiger partial charge is 0.591 e. The van der Waals surface area contributed by atoms with Crippen LogP contribution in [0.5, 0.6) is 0 Å². The summed E-state index contributed by atoms with van der Waals surface area (Å²) in [5, 5.41) is 0. The summed E-state index contributed by atoms with van der Waals surface area (Å²) in [6.45, 7) is 8.23. The smallest absolute Gasteiger partial charge is 0.144 e. The molecular formula is C20H28BrNO2S. The number of halogens is 1. The number of hydrogen-bond acceptors (Lipinski definition) is 3. The van der Waals surface area contributed by atoms with Crippen LogP contribution in [0.4, 0.5) is 0 Å². The van der Waals surface area contributed by atoms with Crippen molar-refractivity contribution in [2.45, 2.75) is 64.2 Å². The Morgan fingerprint density at radius 3 is 2.68 bits per heavy atom.